The van der Waals surface area contributed by atoms with Gasteiger partial charge in [-0.25, -0.2) is 4.98 Å². The topological polar surface area (TPSA) is 29.9 Å². The van der Waals surface area contributed by atoms with Crippen molar-refractivity contribution >= 4 is 0 Å². The molecule has 1 fully saturated rings. The Labute approximate surface area is 79.2 Å². The van der Waals surface area contributed by atoms with Gasteiger partial charge >= 0.3 is 0 Å². The summed E-state index contributed by atoms with van der Waals surface area (Å²) in [5.74, 6) is 0. The highest BCUT2D eigenvalue weighted by atomic mass is 15.0. The minimum atomic E-state index is 0.733. The van der Waals surface area contributed by atoms with Crippen LogP contribution in [-0.2, 0) is 6.54 Å². The first-order valence-electron chi connectivity index (χ1n) is 5.14. The third-order valence-electron chi connectivity index (χ3n) is 2.71. The largest absolute Gasteiger partial charge is 0.337 e. The van der Waals surface area contributed by atoms with E-state index in [1.54, 1.807) is 0 Å². The second-order valence-corrected chi connectivity index (χ2v) is 3.74. The normalized spacial score (nSPS) is 23.2. The summed E-state index contributed by atoms with van der Waals surface area (Å²) in [6, 6.07) is 0.733. The summed E-state index contributed by atoms with van der Waals surface area (Å²) in [5, 5.41) is 3.55. The van der Waals surface area contributed by atoms with Gasteiger partial charge in [0.15, 0.2) is 0 Å². The molecule has 0 aromatic carbocycles. The first-order valence-corrected chi connectivity index (χ1v) is 5.14. The molecular formula is C10H17N3. The maximum Gasteiger partial charge on any atom is 0.0945 e. The average molecular weight is 179 g/mol. The number of aryl methyl sites for hydroxylation is 1. The van der Waals surface area contributed by atoms with Crippen LogP contribution < -0.4 is 5.32 Å². The van der Waals surface area contributed by atoms with Crippen molar-refractivity contribution in [2.24, 2.45) is 0 Å². The molecule has 3 nitrogen and oxygen atoms in total. The molecule has 1 aromatic heterocycles. The van der Waals surface area contributed by atoms with Crippen molar-refractivity contribution in [2.75, 3.05) is 6.54 Å². The van der Waals surface area contributed by atoms with Crippen LogP contribution >= 0.6 is 0 Å². The quantitative estimate of drug-likeness (QED) is 0.760. The lowest BCUT2D eigenvalue weighted by Gasteiger charge is -2.23. The van der Waals surface area contributed by atoms with Crippen LogP contribution in [0.1, 0.15) is 25.7 Å². The monoisotopic (exact) mass is 179 g/mol. The van der Waals surface area contributed by atoms with E-state index in [1.807, 2.05) is 18.7 Å². The number of hydrogen-bond acceptors (Lipinski definition) is 2. The van der Waals surface area contributed by atoms with Crippen molar-refractivity contribution in [1.29, 1.82) is 0 Å². The number of nitrogens with one attached hydrogen (secondary N) is 1. The lowest BCUT2D eigenvalue weighted by atomic mass is 10.0. The van der Waals surface area contributed by atoms with Crippen LogP contribution in [0, 0.1) is 0 Å². The minimum Gasteiger partial charge on any atom is -0.337 e. The second-order valence-electron chi connectivity index (χ2n) is 3.74. The van der Waals surface area contributed by atoms with Crippen LogP contribution in [0.15, 0.2) is 18.7 Å². The van der Waals surface area contributed by atoms with E-state index >= 15 is 0 Å². The van der Waals surface area contributed by atoms with Crippen LogP contribution in [0.3, 0.4) is 0 Å². The third kappa shape index (κ3) is 2.56. The third-order valence-corrected chi connectivity index (χ3v) is 2.71. The summed E-state index contributed by atoms with van der Waals surface area (Å²) < 4.78 is 2.15. The number of piperidine rings is 1. The van der Waals surface area contributed by atoms with Crippen molar-refractivity contribution < 1.29 is 0 Å². The number of aromatic nitrogens is 2. The minimum absolute atomic E-state index is 0.733. The Kier molecular flexibility index (Phi) is 2.98. The maximum atomic E-state index is 4.03. The lowest BCUT2D eigenvalue weighted by molar-refractivity contribution is 0.366. The summed E-state index contributed by atoms with van der Waals surface area (Å²) in [7, 11) is 0. The van der Waals surface area contributed by atoms with Gasteiger partial charge in [0.2, 0.25) is 0 Å². The van der Waals surface area contributed by atoms with Crippen molar-refractivity contribution in [3.8, 4) is 0 Å². The fourth-order valence-electron chi connectivity index (χ4n) is 1.89. The van der Waals surface area contributed by atoms with E-state index in [2.05, 4.69) is 14.9 Å². The predicted octanol–water partition coefficient (Wildman–Crippen LogP) is 1.42. The zero-order chi connectivity index (χ0) is 8.93. The smallest absolute Gasteiger partial charge is 0.0945 e. The van der Waals surface area contributed by atoms with Crippen LogP contribution in [0.4, 0.5) is 0 Å². The molecule has 13 heavy (non-hydrogen) atoms. The van der Waals surface area contributed by atoms with Crippen LogP contribution in [-0.4, -0.2) is 22.1 Å². The molecule has 72 valence electrons. The number of hydrogen-bond donors (Lipinski definition) is 1. The summed E-state index contributed by atoms with van der Waals surface area (Å²) in [4.78, 5) is 4.03. The molecule has 0 unspecified atom stereocenters. The van der Waals surface area contributed by atoms with Gasteiger partial charge in [0, 0.05) is 25.0 Å². The fourth-order valence-corrected chi connectivity index (χ4v) is 1.89. The van der Waals surface area contributed by atoms with Gasteiger partial charge in [-0.15, -0.1) is 0 Å². The van der Waals surface area contributed by atoms with Crippen molar-refractivity contribution in [3.63, 3.8) is 0 Å². The Morgan fingerprint density at radius 1 is 1.46 bits per heavy atom. The van der Waals surface area contributed by atoms with E-state index in [9.17, 15) is 0 Å². The molecule has 0 aliphatic carbocycles. The van der Waals surface area contributed by atoms with E-state index in [0.717, 1.165) is 12.6 Å². The predicted molar refractivity (Wildman–Crippen MR) is 52.5 cm³/mol. The summed E-state index contributed by atoms with van der Waals surface area (Å²) >= 11 is 0. The van der Waals surface area contributed by atoms with Gasteiger partial charge in [0.25, 0.3) is 0 Å². The molecule has 1 aliphatic heterocycles. The van der Waals surface area contributed by atoms with Crippen LogP contribution in [0.2, 0.25) is 0 Å². The maximum absolute atomic E-state index is 4.03. The molecule has 0 saturated carbocycles. The Morgan fingerprint density at radius 3 is 3.15 bits per heavy atom. The molecule has 1 saturated heterocycles. The van der Waals surface area contributed by atoms with Gasteiger partial charge in [0.05, 0.1) is 6.33 Å². The number of nitrogens with zero attached hydrogens (tertiary/aromatic N) is 2. The first-order chi connectivity index (χ1) is 6.45. The molecule has 0 radical (unpaired) electrons. The average Bonchev–Trinajstić information content (AvgIpc) is 2.69. The molecule has 2 heterocycles. The Balaban J connectivity index is 1.72. The molecule has 1 atom stereocenters. The molecule has 1 aliphatic rings. The van der Waals surface area contributed by atoms with Crippen LogP contribution in [0.5, 0.6) is 0 Å². The summed E-state index contributed by atoms with van der Waals surface area (Å²) in [6.07, 6.45) is 11.1. The van der Waals surface area contributed by atoms with E-state index in [1.165, 1.54) is 32.2 Å². The zero-order valence-electron chi connectivity index (χ0n) is 7.95. The van der Waals surface area contributed by atoms with Gasteiger partial charge in [-0.2, -0.15) is 0 Å². The molecule has 0 amide bonds. The molecule has 2 rings (SSSR count). The van der Waals surface area contributed by atoms with Crippen molar-refractivity contribution in [3.05, 3.63) is 18.7 Å². The van der Waals surface area contributed by atoms with E-state index in [4.69, 9.17) is 0 Å². The highest BCUT2D eigenvalue weighted by Gasteiger charge is 2.11. The number of rotatable bonds is 3. The van der Waals surface area contributed by atoms with Crippen LogP contribution in [0.25, 0.3) is 0 Å². The van der Waals surface area contributed by atoms with Gasteiger partial charge in [-0.3, -0.25) is 0 Å². The SMILES string of the molecule is c1cn(CC[C@@H]2CCCCN2)cn1. The zero-order valence-corrected chi connectivity index (χ0v) is 7.95. The lowest BCUT2D eigenvalue weighted by Crippen LogP contribution is -2.34. The first kappa shape index (κ1) is 8.75. The van der Waals surface area contributed by atoms with Gasteiger partial charge in [-0.05, 0) is 25.8 Å². The van der Waals surface area contributed by atoms with Gasteiger partial charge in [0.1, 0.15) is 0 Å². The van der Waals surface area contributed by atoms with E-state index < -0.39 is 0 Å². The van der Waals surface area contributed by atoms with Crippen molar-refractivity contribution in [2.45, 2.75) is 38.3 Å². The molecule has 1 N–H and O–H groups in total. The molecule has 1 aromatic rings. The van der Waals surface area contributed by atoms with Crippen molar-refractivity contribution in [1.82, 2.24) is 14.9 Å². The molecule has 3 heteroatoms. The highest BCUT2D eigenvalue weighted by molar-refractivity contribution is 4.77. The Morgan fingerprint density at radius 2 is 2.46 bits per heavy atom. The number of imidazole rings is 1. The molecular weight excluding hydrogens is 162 g/mol. The standard InChI is InChI=1S/C10H17N3/c1-2-5-12-10(3-1)4-7-13-8-6-11-9-13/h6,8-10,12H,1-5,7H2/t10-/m0/s1. The highest BCUT2D eigenvalue weighted by Crippen LogP contribution is 2.10. The van der Waals surface area contributed by atoms with E-state index in [0.29, 0.717) is 0 Å². The molecule has 0 spiro atoms. The summed E-state index contributed by atoms with van der Waals surface area (Å²) in [6.45, 7) is 2.30. The second kappa shape index (κ2) is 4.42. The Bertz CT molecular complexity index is 224. The Hall–Kier alpha value is -0.830. The van der Waals surface area contributed by atoms with Gasteiger partial charge < -0.3 is 9.88 Å². The van der Waals surface area contributed by atoms with E-state index in [-0.39, 0.29) is 0 Å². The molecule has 0 bridgehead atoms. The fraction of sp³-hybridized carbons (Fsp3) is 0.700. The summed E-state index contributed by atoms with van der Waals surface area (Å²) in [5.41, 5.74) is 0. The van der Waals surface area contributed by atoms with Gasteiger partial charge in [-0.1, -0.05) is 6.42 Å².